The van der Waals surface area contributed by atoms with Crippen molar-refractivity contribution in [1.29, 1.82) is 0 Å². The van der Waals surface area contributed by atoms with Gasteiger partial charge in [0.25, 0.3) is 11.7 Å². The Labute approximate surface area is 223 Å². The number of aliphatic hydroxyl groups excluding tert-OH is 1. The quantitative estimate of drug-likeness (QED) is 0.191. The SMILES string of the molecule is CCCCCOc1ccc(C2C(=C(O)c3ccc(Cl)cc3)C(=O)C(=O)N2CCCN2CCOCC2)cc1. The molecule has 2 heterocycles. The maximum atomic E-state index is 13.2. The van der Waals surface area contributed by atoms with Gasteiger partial charge >= 0.3 is 0 Å². The zero-order valence-electron chi connectivity index (χ0n) is 21.3. The molecule has 0 aromatic heterocycles. The van der Waals surface area contributed by atoms with Gasteiger partial charge in [0, 0.05) is 36.8 Å². The van der Waals surface area contributed by atoms with E-state index in [0.29, 0.717) is 43.4 Å². The molecular weight excluding hydrogens is 492 g/mol. The number of unbranched alkanes of at least 4 members (excludes halogenated alkanes) is 2. The number of hydrogen-bond acceptors (Lipinski definition) is 6. The fraction of sp³-hybridized carbons (Fsp3) is 0.448. The highest BCUT2D eigenvalue weighted by atomic mass is 35.5. The predicted molar refractivity (Wildman–Crippen MR) is 144 cm³/mol. The van der Waals surface area contributed by atoms with E-state index in [9.17, 15) is 14.7 Å². The zero-order valence-corrected chi connectivity index (χ0v) is 22.1. The third kappa shape index (κ3) is 6.72. The van der Waals surface area contributed by atoms with Crippen LogP contribution in [0.4, 0.5) is 0 Å². The smallest absolute Gasteiger partial charge is 0.295 e. The second-order valence-corrected chi connectivity index (χ2v) is 9.87. The van der Waals surface area contributed by atoms with Crippen LogP contribution in [-0.2, 0) is 14.3 Å². The first-order chi connectivity index (χ1) is 18.0. The van der Waals surface area contributed by atoms with Gasteiger partial charge in [-0.05, 0) is 54.8 Å². The second kappa shape index (κ2) is 13.1. The molecule has 0 radical (unpaired) electrons. The number of amides is 1. The van der Waals surface area contributed by atoms with Crippen LogP contribution in [0.1, 0.15) is 49.8 Å². The molecule has 4 rings (SSSR count). The molecule has 37 heavy (non-hydrogen) atoms. The molecule has 0 aliphatic carbocycles. The summed E-state index contributed by atoms with van der Waals surface area (Å²) in [4.78, 5) is 30.3. The normalized spacial score (nSPS) is 19.9. The monoisotopic (exact) mass is 526 g/mol. The van der Waals surface area contributed by atoms with Crippen molar-refractivity contribution in [2.24, 2.45) is 0 Å². The Bertz CT molecular complexity index is 1090. The van der Waals surface area contributed by atoms with Crippen LogP contribution in [0.2, 0.25) is 5.02 Å². The summed E-state index contributed by atoms with van der Waals surface area (Å²) in [6.07, 6.45) is 3.94. The first-order valence-electron chi connectivity index (χ1n) is 13.1. The van der Waals surface area contributed by atoms with Crippen LogP contribution in [0.5, 0.6) is 5.75 Å². The number of likely N-dealkylation sites (tertiary alicyclic amines) is 1. The minimum absolute atomic E-state index is 0.0929. The fourth-order valence-electron chi connectivity index (χ4n) is 4.80. The highest BCUT2D eigenvalue weighted by Gasteiger charge is 2.45. The standard InChI is InChI=1S/C29H35ClN2O5/c1-2-3-4-18-37-24-12-8-21(9-13-24)26-25(27(33)22-6-10-23(30)11-7-22)28(34)29(35)32(26)15-5-14-31-16-19-36-20-17-31/h6-13,26,33H,2-5,14-20H2,1H3. The molecule has 8 heteroatoms. The summed E-state index contributed by atoms with van der Waals surface area (Å²) in [7, 11) is 0. The third-order valence-corrected chi connectivity index (χ3v) is 7.10. The molecule has 1 N–H and O–H groups in total. The van der Waals surface area contributed by atoms with Crippen LogP contribution >= 0.6 is 11.6 Å². The molecule has 2 aliphatic heterocycles. The number of ketones is 1. The minimum Gasteiger partial charge on any atom is -0.507 e. The van der Waals surface area contributed by atoms with Crippen LogP contribution in [0.15, 0.2) is 54.1 Å². The number of ether oxygens (including phenoxy) is 2. The predicted octanol–water partition coefficient (Wildman–Crippen LogP) is 5.05. The van der Waals surface area contributed by atoms with E-state index in [1.165, 1.54) is 0 Å². The van der Waals surface area contributed by atoms with E-state index in [0.717, 1.165) is 50.2 Å². The average Bonchev–Trinajstić information content (AvgIpc) is 3.17. The molecule has 2 aliphatic rings. The van der Waals surface area contributed by atoms with Gasteiger partial charge in [0.2, 0.25) is 0 Å². The van der Waals surface area contributed by atoms with Crippen molar-refractivity contribution in [1.82, 2.24) is 9.80 Å². The lowest BCUT2D eigenvalue weighted by molar-refractivity contribution is -0.140. The summed E-state index contributed by atoms with van der Waals surface area (Å²) in [5, 5.41) is 11.7. The van der Waals surface area contributed by atoms with Gasteiger partial charge in [-0.15, -0.1) is 0 Å². The lowest BCUT2D eigenvalue weighted by atomic mass is 9.95. The molecule has 0 saturated carbocycles. The molecule has 1 atom stereocenters. The van der Waals surface area contributed by atoms with Gasteiger partial charge in [-0.25, -0.2) is 0 Å². The van der Waals surface area contributed by atoms with Gasteiger partial charge in [-0.3, -0.25) is 14.5 Å². The number of carbonyl (C=O) groups excluding carboxylic acids is 2. The maximum Gasteiger partial charge on any atom is 0.295 e. The Morgan fingerprint density at radius 2 is 1.70 bits per heavy atom. The van der Waals surface area contributed by atoms with E-state index in [4.69, 9.17) is 21.1 Å². The van der Waals surface area contributed by atoms with Gasteiger partial charge < -0.3 is 19.5 Å². The third-order valence-electron chi connectivity index (χ3n) is 6.85. The lowest BCUT2D eigenvalue weighted by Gasteiger charge is -2.29. The van der Waals surface area contributed by atoms with Crippen molar-refractivity contribution in [3.05, 3.63) is 70.3 Å². The highest BCUT2D eigenvalue weighted by Crippen LogP contribution is 2.40. The van der Waals surface area contributed by atoms with Crippen LogP contribution in [0.3, 0.4) is 0 Å². The van der Waals surface area contributed by atoms with Crippen molar-refractivity contribution in [3.8, 4) is 5.75 Å². The van der Waals surface area contributed by atoms with E-state index in [1.54, 1.807) is 29.2 Å². The molecule has 0 bridgehead atoms. The van der Waals surface area contributed by atoms with E-state index in [1.807, 2.05) is 24.3 Å². The van der Waals surface area contributed by atoms with Crippen molar-refractivity contribution >= 4 is 29.1 Å². The molecule has 2 fully saturated rings. The van der Waals surface area contributed by atoms with Crippen molar-refractivity contribution in [2.45, 2.75) is 38.6 Å². The summed E-state index contributed by atoms with van der Waals surface area (Å²) < 4.78 is 11.3. The Hall–Kier alpha value is -2.87. The first-order valence-corrected chi connectivity index (χ1v) is 13.4. The van der Waals surface area contributed by atoms with E-state index in [2.05, 4.69) is 11.8 Å². The van der Waals surface area contributed by atoms with Crippen molar-refractivity contribution in [2.75, 3.05) is 46.0 Å². The molecule has 1 amide bonds. The molecule has 1 unspecified atom stereocenters. The largest absolute Gasteiger partial charge is 0.507 e. The molecular formula is C29H35ClN2O5. The number of nitrogens with zero attached hydrogens (tertiary/aromatic N) is 2. The second-order valence-electron chi connectivity index (χ2n) is 9.43. The van der Waals surface area contributed by atoms with E-state index in [-0.39, 0.29) is 11.3 Å². The minimum atomic E-state index is -0.686. The fourth-order valence-corrected chi connectivity index (χ4v) is 4.92. The number of rotatable bonds is 11. The average molecular weight is 527 g/mol. The summed E-state index contributed by atoms with van der Waals surface area (Å²) in [5.41, 5.74) is 1.29. The molecule has 2 aromatic carbocycles. The number of carbonyl (C=O) groups is 2. The number of halogens is 1. The molecule has 7 nitrogen and oxygen atoms in total. The van der Waals surface area contributed by atoms with E-state index < -0.39 is 17.7 Å². The van der Waals surface area contributed by atoms with Crippen LogP contribution in [0, 0.1) is 0 Å². The van der Waals surface area contributed by atoms with Gasteiger partial charge in [0.05, 0.1) is 31.4 Å². The van der Waals surface area contributed by atoms with Gasteiger partial charge in [0.15, 0.2) is 0 Å². The number of aliphatic hydroxyl groups is 1. The zero-order chi connectivity index (χ0) is 26.2. The van der Waals surface area contributed by atoms with E-state index >= 15 is 0 Å². The Morgan fingerprint density at radius 1 is 1.00 bits per heavy atom. The topological polar surface area (TPSA) is 79.3 Å². The Morgan fingerprint density at radius 3 is 2.38 bits per heavy atom. The number of Topliss-reactive ketones (excluding diaryl/α,β-unsaturated/α-hetero) is 1. The molecule has 2 aromatic rings. The first kappa shape index (κ1) is 27.2. The van der Waals surface area contributed by atoms with Crippen LogP contribution in [-0.4, -0.2) is 72.6 Å². The maximum absolute atomic E-state index is 13.2. The Balaban J connectivity index is 1.60. The summed E-state index contributed by atoms with van der Waals surface area (Å²) >= 11 is 6.01. The Kier molecular flexibility index (Phi) is 9.61. The van der Waals surface area contributed by atoms with Gasteiger partial charge in [0.1, 0.15) is 11.5 Å². The molecule has 0 spiro atoms. The summed E-state index contributed by atoms with van der Waals surface area (Å²) in [5.74, 6) is -0.733. The number of hydrogen-bond donors (Lipinski definition) is 1. The van der Waals surface area contributed by atoms with Gasteiger partial charge in [-0.1, -0.05) is 43.5 Å². The van der Waals surface area contributed by atoms with Crippen molar-refractivity contribution in [3.63, 3.8) is 0 Å². The number of morpholine rings is 1. The summed E-state index contributed by atoms with van der Waals surface area (Å²) in [6, 6.07) is 13.4. The van der Waals surface area contributed by atoms with Crippen molar-refractivity contribution < 1.29 is 24.2 Å². The molecule has 2 saturated heterocycles. The molecule has 198 valence electrons. The van der Waals surface area contributed by atoms with Crippen LogP contribution < -0.4 is 4.74 Å². The highest BCUT2D eigenvalue weighted by molar-refractivity contribution is 6.46. The lowest BCUT2D eigenvalue weighted by Crippen LogP contribution is -2.38. The summed E-state index contributed by atoms with van der Waals surface area (Å²) in [6.45, 7) is 7.13. The number of benzene rings is 2. The van der Waals surface area contributed by atoms with Gasteiger partial charge in [-0.2, -0.15) is 0 Å². The van der Waals surface area contributed by atoms with Crippen LogP contribution in [0.25, 0.3) is 5.76 Å².